The molecule has 0 spiro atoms. The molecule has 2 nitrogen and oxygen atoms in total. The van der Waals surface area contributed by atoms with E-state index in [1.807, 2.05) is 16.8 Å². The molecule has 0 aliphatic rings. The number of aromatic nitrogens is 1. The monoisotopic (exact) mass is 274 g/mol. The van der Waals surface area contributed by atoms with E-state index < -0.39 is 0 Å². The third-order valence-corrected chi connectivity index (χ3v) is 3.84. The van der Waals surface area contributed by atoms with Gasteiger partial charge in [-0.05, 0) is 32.9 Å². The fourth-order valence-corrected chi connectivity index (χ4v) is 2.84. The molecule has 1 unspecified atom stereocenters. The highest BCUT2D eigenvalue weighted by atomic mass is 79.9. The van der Waals surface area contributed by atoms with Gasteiger partial charge >= 0.3 is 0 Å². The van der Waals surface area contributed by atoms with Crippen LogP contribution in [0.25, 0.3) is 0 Å². The maximum atomic E-state index is 6.00. The molecule has 0 bridgehead atoms. The van der Waals surface area contributed by atoms with Crippen LogP contribution >= 0.6 is 38.6 Å². The zero-order valence-electron chi connectivity index (χ0n) is 6.61. The zero-order valence-corrected chi connectivity index (χ0v) is 9.82. The van der Waals surface area contributed by atoms with Crippen molar-refractivity contribution >= 4 is 38.6 Å². The molecule has 2 aromatic rings. The van der Waals surface area contributed by atoms with E-state index in [0.717, 1.165) is 15.0 Å². The quantitative estimate of drug-likeness (QED) is 0.915. The van der Waals surface area contributed by atoms with E-state index in [4.69, 9.17) is 5.73 Å². The first-order chi connectivity index (χ1) is 6.27. The molecule has 2 heterocycles. The number of halogens is 1. The molecule has 0 aliphatic carbocycles. The van der Waals surface area contributed by atoms with Crippen molar-refractivity contribution in [3.63, 3.8) is 0 Å². The predicted molar refractivity (Wildman–Crippen MR) is 60.2 cm³/mol. The van der Waals surface area contributed by atoms with Crippen LogP contribution in [0.5, 0.6) is 0 Å². The third-order valence-electron chi connectivity index (χ3n) is 1.72. The third kappa shape index (κ3) is 1.99. The second-order valence-electron chi connectivity index (χ2n) is 2.58. The minimum Gasteiger partial charge on any atom is -0.319 e. The Labute approximate surface area is 92.6 Å². The SMILES string of the molecule is NC(c1csc(Br)c1)c1cscn1. The molecule has 0 saturated carbocycles. The maximum absolute atomic E-state index is 6.00. The van der Waals surface area contributed by atoms with Gasteiger partial charge in [0.25, 0.3) is 0 Å². The summed E-state index contributed by atoms with van der Waals surface area (Å²) in [7, 11) is 0. The highest BCUT2D eigenvalue weighted by Gasteiger charge is 2.11. The van der Waals surface area contributed by atoms with Crippen LogP contribution in [0.1, 0.15) is 17.3 Å². The lowest BCUT2D eigenvalue weighted by Gasteiger charge is -2.04. The normalized spacial score (nSPS) is 13.1. The van der Waals surface area contributed by atoms with Crippen molar-refractivity contribution in [2.75, 3.05) is 0 Å². The Hall–Kier alpha value is -0.230. The van der Waals surface area contributed by atoms with E-state index in [-0.39, 0.29) is 6.04 Å². The summed E-state index contributed by atoms with van der Waals surface area (Å²) < 4.78 is 1.10. The number of hydrogen-bond donors (Lipinski definition) is 1. The van der Waals surface area contributed by atoms with Crippen LogP contribution in [-0.4, -0.2) is 4.98 Å². The zero-order chi connectivity index (χ0) is 9.26. The van der Waals surface area contributed by atoms with Gasteiger partial charge in [0.15, 0.2) is 0 Å². The Morgan fingerprint density at radius 2 is 2.31 bits per heavy atom. The van der Waals surface area contributed by atoms with Crippen LogP contribution in [0.3, 0.4) is 0 Å². The highest BCUT2D eigenvalue weighted by molar-refractivity contribution is 9.11. The average molecular weight is 275 g/mol. The van der Waals surface area contributed by atoms with Crippen molar-refractivity contribution in [1.82, 2.24) is 4.98 Å². The van der Waals surface area contributed by atoms with Crippen LogP contribution in [0.15, 0.2) is 26.1 Å². The summed E-state index contributed by atoms with van der Waals surface area (Å²) in [6.45, 7) is 0. The minimum atomic E-state index is -0.0891. The summed E-state index contributed by atoms with van der Waals surface area (Å²) in [5, 5.41) is 4.03. The van der Waals surface area contributed by atoms with Gasteiger partial charge in [0, 0.05) is 5.38 Å². The topological polar surface area (TPSA) is 38.9 Å². The molecule has 68 valence electrons. The average Bonchev–Trinajstić information content (AvgIpc) is 2.72. The van der Waals surface area contributed by atoms with Crippen molar-refractivity contribution in [2.45, 2.75) is 6.04 Å². The summed E-state index contributed by atoms with van der Waals surface area (Å²) in [6, 6.07) is 1.95. The molecule has 2 aromatic heterocycles. The Balaban J connectivity index is 2.28. The van der Waals surface area contributed by atoms with Crippen molar-refractivity contribution < 1.29 is 0 Å². The van der Waals surface area contributed by atoms with Gasteiger partial charge < -0.3 is 5.73 Å². The largest absolute Gasteiger partial charge is 0.319 e. The number of thiazole rings is 1. The van der Waals surface area contributed by atoms with Gasteiger partial charge in [-0.2, -0.15) is 0 Å². The van der Waals surface area contributed by atoms with E-state index in [2.05, 4.69) is 20.9 Å². The van der Waals surface area contributed by atoms with Gasteiger partial charge in [-0.3, -0.25) is 0 Å². The van der Waals surface area contributed by atoms with E-state index >= 15 is 0 Å². The second-order valence-corrected chi connectivity index (χ2v) is 5.58. The fourth-order valence-electron chi connectivity index (χ4n) is 1.03. The lowest BCUT2D eigenvalue weighted by molar-refractivity contribution is 0.843. The summed E-state index contributed by atoms with van der Waals surface area (Å²) in [5.74, 6) is 0. The molecule has 0 fully saturated rings. The highest BCUT2D eigenvalue weighted by Crippen LogP contribution is 2.27. The van der Waals surface area contributed by atoms with Gasteiger partial charge in [-0.25, -0.2) is 4.98 Å². The molecule has 1 atom stereocenters. The van der Waals surface area contributed by atoms with Crippen LogP contribution in [0, 0.1) is 0 Å². The van der Waals surface area contributed by atoms with E-state index in [1.165, 1.54) is 0 Å². The molecule has 2 N–H and O–H groups in total. The number of nitrogens with two attached hydrogens (primary N) is 1. The van der Waals surface area contributed by atoms with E-state index in [0.29, 0.717) is 0 Å². The molecule has 0 amide bonds. The molecule has 0 aromatic carbocycles. The standard InChI is InChI=1S/C8H7BrN2S2/c9-7-1-5(2-13-7)8(10)6-3-12-4-11-6/h1-4,8H,10H2. The summed E-state index contributed by atoms with van der Waals surface area (Å²) >= 11 is 6.62. The molecule has 13 heavy (non-hydrogen) atoms. The molecular weight excluding hydrogens is 268 g/mol. The number of hydrogen-bond acceptors (Lipinski definition) is 4. The molecular formula is C8H7BrN2S2. The van der Waals surface area contributed by atoms with Crippen molar-refractivity contribution in [3.8, 4) is 0 Å². The van der Waals surface area contributed by atoms with Gasteiger partial charge in [0.1, 0.15) is 0 Å². The van der Waals surface area contributed by atoms with Crippen molar-refractivity contribution in [1.29, 1.82) is 0 Å². The van der Waals surface area contributed by atoms with Gasteiger partial charge in [0.2, 0.25) is 0 Å². The molecule has 0 saturated heterocycles. The summed E-state index contributed by atoms with van der Waals surface area (Å²) in [5.41, 5.74) is 9.86. The van der Waals surface area contributed by atoms with Crippen LogP contribution in [-0.2, 0) is 0 Å². The van der Waals surface area contributed by atoms with Gasteiger partial charge in [0.05, 0.1) is 21.0 Å². The van der Waals surface area contributed by atoms with Crippen molar-refractivity contribution in [3.05, 3.63) is 37.4 Å². The lowest BCUT2D eigenvalue weighted by atomic mass is 10.1. The Morgan fingerprint density at radius 3 is 2.85 bits per heavy atom. The second kappa shape index (κ2) is 3.88. The Kier molecular flexibility index (Phi) is 2.78. The van der Waals surface area contributed by atoms with Crippen LogP contribution in [0.4, 0.5) is 0 Å². The molecule has 5 heteroatoms. The molecule has 0 aliphatic heterocycles. The number of rotatable bonds is 2. The maximum Gasteiger partial charge on any atom is 0.0795 e. The lowest BCUT2D eigenvalue weighted by Crippen LogP contribution is -2.10. The molecule has 2 rings (SSSR count). The van der Waals surface area contributed by atoms with Crippen LogP contribution in [0.2, 0.25) is 0 Å². The van der Waals surface area contributed by atoms with Crippen LogP contribution < -0.4 is 5.73 Å². The minimum absolute atomic E-state index is 0.0891. The first-order valence-corrected chi connectivity index (χ1v) is 6.26. The Morgan fingerprint density at radius 1 is 1.46 bits per heavy atom. The number of nitrogens with zero attached hydrogens (tertiary/aromatic N) is 1. The fraction of sp³-hybridized carbons (Fsp3) is 0.125. The van der Waals surface area contributed by atoms with E-state index in [1.54, 1.807) is 28.2 Å². The predicted octanol–water partition coefficient (Wildman–Crippen LogP) is 3.02. The van der Waals surface area contributed by atoms with Gasteiger partial charge in [-0.1, -0.05) is 0 Å². The smallest absolute Gasteiger partial charge is 0.0795 e. The summed E-state index contributed by atoms with van der Waals surface area (Å²) in [4.78, 5) is 4.18. The van der Waals surface area contributed by atoms with E-state index in [9.17, 15) is 0 Å². The molecule has 0 radical (unpaired) electrons. The number of thiophene rings is 1. The summed E-state index contributed by atoms with van der Waals surface area (Å²) in [6.07, 6.45) is 0. The Bertz CT molecular complexity index is 383. The first-order valence-electron chi connectivity index (χ1n) is 3.65. The van der Waals surface area contributed by atoms with Gasteiger partial charge in [-0.15, -0.1) is 22.7 Å². The first kappa shape index (κ1) is 9.33. The van der Waals surface area contributed by atoms with Crippen molar-refractivity contribution in [2.24, 2.45) is 5.73 Å².